The minimum atomic E-state index is -4.50. The predicted molar refractivity (Wildman–Crippen MR) is 124 cm³/mol. The molecule has 0 saturated heterocycles. The average molecular weight is 499 g/mol. The van der Waals surface area contributed by atoms with E-state index in [1.165, 1.54) is 29.7 Å². The zero-order valence-electron chi connectivity index (χ0n) is 16.7. The lowest BCUT2D eigenvalue weighted by atomic mass is 10.0. The molecule has 2 aromatic carbocycles. The molecule has 0 atom stereocenters. The van der Waals surface area contributed by atoms with Crippen molar-refractivity contribution in [1.29, 1.82) is 0 Å². The standard InChI is InChI=1S/C22H18ClF3N2O2S2/c1-32(29,30)15-6-4-5-14(11-15)19-9-10-20(31-19)21(28-13-22(24,25)26)17(12-27)16-7-2-3-8-18(16)23/h2-12H,13,27H2,1H3. The Hall–Kier alpha value is -2.62. The smallest absolute Gasteiger partial charge is 0.404 e. The molecule has 0 aliphatic heterocycles. The number of sulfone groups is 1. The maximum Gasteiger partial charge on any atom is 0.407 e. The van der Waals surface area contributed by atoms with Crippen LogP contribution in [0.3, 0.4) is 0 Å². The SMILES string of the molecule is CS(=O)(=O)c1cccc(-c2ccc(C(=NCC(F)(F)F)C(=CN)c3ccccc3Cl)s2)c1. The molecule has 0 unspecified atom stereocenters. The lowest BCUT2D eigenvalue weighted by Gasteiger charge is -2.12. The van der Waals surface area contributed by atoms with Gasteiger partial charge in [-0.1, -0.05) is 41.9 Å². The van der Waals surface area contributed by atoms with Crippen LogP contribution in [0.5, 0.6) is 0 Å². The summed E-state index contributed by atoms with van der Waals surface area (Å²) >= 11 is 7.43. The van der Waals surface area contributed by atoms with Crippen molar-refractivity contribution in [3.05, 3.63) is 82.3 Å². The second-order valence-electron chi connectivity index (χ2n) is 6.80. The summed E-state index contributed by atoms with van der Waals surface area (Å²) in [6, 6.07) is 16.3. The number of nitrogens with zero attached hydrogens (tertiary/aromatic N) is 1. The lowest BCUT2D eigenvalue weighted by molar-refractivity contribution is -0.118. The van der Waals surface area contributed by atoms with Crippen molar-refractivity contribution in [2.45, 2.75) is 11.1 Å². The molecule has 3 aromatic rings. The quantitative estimate of drug-likeness (QED) is 0.435. The number of alkyl halides is 3. The Morgan fingerprint density at radius 1 is 1.12 bits per heavy atom. The van der Waals surface area contributed by atoms with Crippen LogP contribution >= 0.6 is 22.9 Å². The summed E-state index contributed by atoms with van der Waals surface area (Å²) in [6.07, 6.45) is -2.22. The van der Waals surface area contributed by atoms with Crippen LogP contribution in [-0.4, -0.2) is 33.1 Å². The van der Waals surface area contributed by atoms with Crippen LogP contribution in [-0.2, 0) is 9.84 Å². The van der Waals surface area contributed by atoms with Gasteiger partial charge in [0.1, 0.15) is 6.54 Å². The number of benzene rings is 2. The Kier molecular flexibility index (Phi) is 7.12. The van der Waals surface area contributed by atoms with Gasteiger partial charge in [-0.25, -0.2) is 8.42 Å². The molecule has 32 heavy (non-hydrogen) atoms. The van der Waals surface area contributed by atoms with E-state index in [0.29, 0.717) is 25.9 Å². The molecular weight excluding hydrogens is 481 g/mol. The van der Waals surface area contributed by atoms with Gasteiger partial charge in [-0.2, -0.15) is 13.2 Å². The molecule has 4 nitrogen and oxygen atoms in total. The molecule has 0 aliphatic rings. The zero-order chi connectivity index (χ0) is 23.5. The Labute approximate surface area is 192 Å². The third-order valence-electron chi connectivity index (χ3n) is 4.39. The monoisotopic (exact) mass is 498 g/mol. The number of aliphatic imine (C=N–C) groups is 1. The van der Waals surface area contributed by atoms with E-state index in [1.54, 1.807) is 48.5 Å². The molecule has 10 heteroatoms. The second kappa shape index (κ2) is 9.48. The van der Waals surface area contributed by atoms with E-state index >= 15 is 0 Å². The van der Waals surface area contributed by atoms with Gasteiger partial charge in [-0.05, 0) is 35.9 Å². The van der Waals surface area contributed by atoms with Crippen molar-refractivity contribution in [3.63, 3.8) is 0 Å². The maximum absolute atomic E-state index is 13.0. The molecule has 0 amide bonds. The molecule has 168 valence electrons. The number of nitrogens with two attached hydrogens (primary N) is 1. The molecule has 3 rings (SSSR count). The van der Waals surface area contributed by atoms with Gasteiger partial charge < -0.3 is 5.73 Å². The van der Waals surface area contributed by atoms with Crippen LogP contribution in [0.4, 0.5) is 13.2 Å². The van der Waals surface area contributed by atoms with E-state index in [-0.39, 0.29) is 16.2 Å². The largest absolute Gasteiger partial charge is 0.407 e. The summed E-state index contributed by atoms with van der Waals surface area (Å²) in [4.78, 5) is 5.07. The summed E-state index contributed by atoms with van der Waals surface area (Å²) in [7, 11) is -3.41. The fourth-order valence-corrected chi connectivity index (χ4v) is 4.87. The van der Waals surface area contributed by atoms with Crippen molar-refractivity contribution in [2.24, 2.45) is 10.7 Å². The first-order valence-corrected chi connectivity index (χ1v) is 12.3. The molecule has 1 aromatic heterocycles. The molecule has 0 aliphatic carbocycles. The van der Waals surface area contributed by atoms with Crippen LogP contribution in [0.25, 0.3) is 16.0 Å². The highest BCUT2D eigenvalue weighted by atomic mass is 35.5. The molecule has 1 heterocycles. The molecule has 0 bridgehead atoms. The van der Waals surface area contributed by atoms with Gasteiger partial charge in [-0.15, -0.1) is 11.3 Å². The number of rotatable bonds is 6. The summed E-state index contributed by atoms with van der Waals surface area (Å²) in [6.45, 7) is -1.39. The van der Waals surface area contributed by atoms with E-state index in [9.17, 15) is 21.6 Å². The number of hydrogen-bond donors (Lipinski definition) is 1. The summed E-state index contributed by atoms with van der Waals surface area (Å²) in [5, 5.41) is 0.321. The van der Waals surface area contributed by atoms with Crippen molar-refractivity contribution >= 4 is 44.1 Å². The van der Waals surface area contributed by atoms with Crippen LogP contribution in [0, 0.1) is 0 Å². The van der Waals surface area contributed by atoms with Crippen LogP contribution < -0.4 is 5.73 Å². The Morgan fingerprint density at radius 2 is 1.84 bits per heavy atom. The van der Waals surface area contributed by atoms with Crippen LogP contribution in [0.1, 0.15) is 10.4 Å². The lowest BCUT2D eigenvalue weighted by Crippen LogP contribution is -2.15. The summed E-state index contributed by atoms with van der Waals surface area (Å²) in [5.74, 6) is 0. The highest BCUT2D eigenvalue weighted by Gasteiger charge is 2.28. The first kappa shape index (κ1) is 24.0. The van der Waals surface area contributed by atoms with E-state index < -0.39 is 22.6 Å². The Morgan fingerprint density at radius 3 is 2.47 bits per heavy atom. The highest BCUT2D eigenvalue weighted by molar-refractivity contribution is 7.90. The summed E-state index contributed by atoms with van der Waals surface area (Å²) < 4.78 is 62.6. The number of halogens is 4. The molecular formula is C22H18ClF3N2O2S2. The third-order valence-corrected chi connectivity index (χ3v) is 6.97. The third kappa shape index (κ3) is 5.79. The van der Waals surface area contributed by atoms with Crippen molar-refractivity contribution < 1.29 is 21.6 Å². The van der Waals surface area contributed by atoms with Gasteiger partial charge in [0.15, 0.2) is 9.84 Å². The number of allylic oxidation sites excluding steroid dienone is 1. The molecule has 0 spiro atoms. The fraction of sp³-hybridized carbons (Fsp3) is 0.136. The fourth-order valence-electron chi connectivity index (χ4n) is 2.94. The number of hydrogen-bond acceptors (Lipinski definition) is 5. The highest BCUT2D eigenvalue weighted by Crippen LogP contribution is 2.34. The Bertz CT molecular complexity index is 1300. The average Bonchev–Trinajstić information content (AvgIpc) is 3.20. The molecule has 0 saturated carbocycles. The van der Waals surface area contributed by atoms with Crippen LogP contribution in [0.15, 0.2) is 76.8 Å². The minimum absolute atomic E-state index is 0.0495. The second-order valence-corrected chi connectivity index (χ2v) is 10.3. The van der Waals surface area contributed by atoms with Gasteiger partial charge in [0.2, 0.25) is 0 Å². The number of thiophene rings is 1. The first-order valence-electron chi connectivity index (χ1n) is 9.18. The van der Waals surface area contributed by atoms with Gasteiger partial charge >= 0.3 is 6.18 Å². The van der Waals surface area contributed by atoms with Gasteiger partial charge in [0.05, 0.1) is 15.5 Å². The minimum Gasteiger partial charge on any atom is -0.404 e. The first-order chi connectivity index (χ1) is 15.0. The topological polar surface area (TPSA) is 72.5 Å². The molecule has 0 fully saturated rings. The van der Waals surface area contributed by atoms with Gasteiger partial charge in [0, 0.05) is 33.5 Å². The predicted octanol–water partition coefficient (Wildman–Crippen LogP) is 5.82. The maximum atomic E-state index is 13.0. The van der Waals surface area contributed by atoms with E-state index in [2.05, 4.69) is 4.99 Å². The molecule has 0 radical (unpaired) electrons. The van der Waals surface area contributed by atoms with Gasteiger partial charge in [0.25, 0.3) is 0 Å². The van der Waals surface area contributed by atoms with E-state index in [0.717, 1.165) is 6.26 Å². The van der Waals surface area contributed by atoms with Gasteiger partial charge in [-0.3, -0.25) is 4.99 Å². The van der Waals surface area contributed by atoms with Crippen LogP contribution in [0.2, 0.25) is 5.02 Å². The summed E-state index contributed by atoms with van der Waals surface area (Å²) in [5.41, 5.74) is 7.18. The van der Waals surface area contributed by atoms with Crippen molar-refractivity contribution in [1.82, 2.24) is 0 Å². The van der Waals surface area contributed by atoms with E-state index in [1.807, 2.05) is 0 Å². The zero-order valence-corrected chi connectivity index (χ0v) is 19.1. The van der Waals surface area contributed by atoms with E-state index in [4.69, 9.17) is 17.3 Å². The Balaban J connectivity index is 2.10. The van der Waals surface area contributed by atoms with Crippen molar-refractivity contribution in [2.75, 3.05) is 12.8 Å². The van der Waals surface area contributed by atoms with Crippen molar-refractivity contribution in [3.8, 4) is 10.4 Å². The molecule has 2 N–H and O–H groups in total. The normalized spacial score (nSPS) is 13.4.